The Bertz CT molecular complexity index is 1260. The van der Waals surface area contributed by atoms with Crippen LogP contribution in [-0.4, -0.2) is 28.0 Å². The molecule has 3 rings (SSSR count). The zero-order chi connectivity index (χ0) is 25.8. The summed E-state index contributed by atoms with van der Waals surface area (Å²) in [6.07, 6.45) is 0. The number of benzene rings is 3. The van der Waals surface area contributed by atoms with Gasteiger partial charge in [-0.05, 0) is 54.7 Å². The van der Waals surface area contributed by atoms with Gasteiger partial charge in [0.05, 0.1) is 23.7 Å². The number of anilines is 1. The molecule has 3 aromatic rings. The van der Waals surface area contributed by atoms with Crippen molar-refractivity contribution >= 4 is 21.6 Å². The Kier molecular flexibility index (Phi) is 7.90. The minimum absolute atomic E-state index is 0.0343. The van der Waals surface area contributed by atoms with Gasteiger partial charge in [-0.25, -0.2) is 8.42 Å². The number of nitrogens with zero attached hydrogens (tertiary/aromatic N) is 1. The number of ether oxygens (including phenoxy) is 1. The normalized spacial score (nSPS) is 12.6. The third kappa shape index (κ3) is 6.42. The van der Waals surface area contributed by atoms with Crippen molar-refractivity contribution in [3.05, 3.63) is 89.5 Å². The highest BCUT2D eigenvalue weighted by Gasteiger charge is 2.28. The maximum absolute atomic E-state index is 13.6. The molecule has 0 heterocycles. The van der Waals surface area contributed by atoms with Crippen LogP contribution in [0.25, 0.3) is 0 Å². The number of amides is 1. The van der Waals surface area contributed by atoms with Gasteiger partial charge in [0, 0.05) is 6.07 Å². The van der Waals surface area contributed by atoms with E-state index in [0.717, 1.165) is 15.4 Å². The summed E-state index contributed by atoms with van der Waals surface area (Å²) >= 11 is 0. The number of sulfonamides is 1. The lowest BCUT2D eigenvalue weighted by Crippen LogP contribution is -2.41. The molecule has 0 aliphatic carbocycles. The molecule has 0 aromatic heterocycles. The second-order valence-corrected chi connectivity index (χ2v) is 11.5. The fourth-order valence-corrected chi connectivity index (χ4v) is 5.10. The van der Waals surface area contributed by atoms with Crippen molar-refractivity contribution in [1.29, 1.82) is 0 Å². The minimum Gasteiger partial charge on any atom is -0.497 e. The van der Waals surface area contributed by atoms with Crippen LogP contribution >= 0.6 is 0 Å². The molecule has 0 radical (unpaired) electrons. The van der Waals surface area contributed by atoms with Gasteiger partial charge in [0.15, 0.2) is 0 Å². The predicted octanol–water partition coefficient (Wildman–Crippen LogP) is 5.37. The van der Waals surface area contributed by atoms with E-state index in [0.29, 0.717) is 11.4 Å². The first-order valence-electron chi connectivity index (χ1n) is 11.5. The van der Waals surface area contributed by atoms with Crippen molar-refractivity contribution in [2.75, 3.05) is 18.0 Å². The number of carbonyl (C=O) groups is 1. The van der Waals surface area contributed by atoms with Gasteiger partial charge in [0.1, 0.15) is 12.3 Å². The molecular formula is C28H34N2O4S. The van der Waals surface area contributed by atoms with E-state index in [2.05, 4.69) is 38.2 Å². The summed E-state index contributed by atoms with van der Waals surface area (Å²) in [5.74, 6) is 0.0928. The fourth-order valence-electron chi connectivity index (χ4n) is 3.69. The van der Waals surface area contributed by atoms with E-state index >= 15 is 0 Å². The van der Waals surface area contributed by atoms with Crippen molar-refractivity contribution < 1.29 is 17.9 Å². The molecule has 0 bridgehead atoms. The van der Waals surface area contributed by atoms with Crippen LogP contribution in [0.1, 0.15) is 50.4 Å². The summed E-state index contributed by atoms with van der Waals surface area (Å²) in [6.45, 7) is 9.85. The number of nitrogens with one attached hydrogen (secondary N) is 1. The molecule has 6 nitrogen and oxygen atoms in total. The Morgan fingerprint density at radius 2 is 1.63 bits per heavy atom. The van der Waals surface area contributed by atoms with Crippen LogP contribution in [0.15, 0.2) is 77.7 Å². The smallest absolute Gasteiger partial charge is 0.264 e. The molecule has 3 aromatic carbocycles. The van der Waals surface area contributed by atoms with Crippen LogP contribution < -0.4 is 14.4 Å². The number of carbonyl (C=O) groups excluding carboxylic acids is 1. The highest BCUT2D eigenvalue weighted by atomic mass is 32.2. The minimum atomic E-state index is -4.00. The first-order valence-corrected chi connectivity index (χ1v) is 13.0. The molecule has 0 aliphatic heterocycles. The molecule has 0 unspecified atom stereocenters. The summed E-state index contributed by atoms with van der Waals surface area (Å²) in [7, 11) is -2.49. The Balaban J connectivity index is 1.87. The van der Waals surface area contributed by atoms with Gasteiger partial charge in [0.25, 0.3) is 10.0 Å². The summed E-state index contributed by atoms with van der Waals surface area (Å²) in [4.78, 5) is 13.2. The van der Waals surface area contributed by atoms with E-state index in [1.807, 2.05) is 26.0 Å². The van der Waals surface area contributed by atoms with Gasteiger partial charge in [-0.1, -0.05) is 68.8 Å². The summed E-state index contributed by atoms with van der Waals surface area (Å²) in [6, 6.07) is 21.1. The topological polar surface area (TPSA) is 75.7 Å². The molecule has 0 saturated carbocycles. The number of methoxy groups -OCH3 is 1. The summed E-state index contributed by atoms with van der Waals surface area (Å²) < 4.78 is 33.5. The van der Waals surface area contributed by atoms with Crippen molar-refractivity contribution in [1.82, 2.24) is 5.32 Å². The lowest BCUT2D eigenvalue weighted by Gasteiger charge is -2.26. The van der Waals surface area contributed by atoms with Gasteiger partial charge in [0.2, 0.25) is 5.91 Å². The van der Waals surface area contributed by atoms with Gasteiger partial charge < -0.3 is 10.1 Å². The third-order valence-electron chi connectivity index (χ3n) is 5.89. The average molecular weight is 495 g/mol. The number of hydrogen-bond donors (Lipinski definition) is 1. The second kappa shape index (κ2) is 10.5. The molecule has 1 amide bonds. The van der Waals surface area contributed by atoms with Crippen molar-refractivity contribution in [2.45, 2.75) is 51.0 Å². The molecule has 35 heavy (non-hydrogen) atoms. The lowest BCUT2D eigenvalue weighted by molar-refractivity contribution is -0.120. The molecule has 0 saturated heterocycles. The first kappa shape index (κ1) is 26.3. The van der Waals surface area contributed by atoms with Gasteiger partial charge >= 0.3 is 0 Å². The highest BCUT2D eigenvalue weighted by molar-refractivity contribution is 7.92. The standard InChI is InChI=1S/C28H34N2O4S/c1-20-10-16-26(17-11-20)35(32,33)30(24-8-7-9-25(18-24)34-6)19-27(31)29-21(2)22-12-14-23(15-13-22)28(3,4)5/h7-18,21H,19H2,1-6H3,(H,29,31)/t21-/m0/s1. The predicted molar refractivity (Wildman–Crippen MR) is 140 cm³/mol. The van der Waals surface area contributed by atoms with E-state index < -0.39 is 15.9 Å². The van der Waals surface area contributed by atoms with Crippen molar-refractivity contribution in [3.8, 4) is 5.75 Å². The van der Waals surface area contributed by atoms with Gasteiger partial charge in [-0.3, -0.25) is 9.10 Å². The number of hydrogen-bond acceptors (Lipinski definition) is 4. The SMILES string of the molecule is COc1cccc(N(CC(=O)N[C@@H](C)c2ccc(C(C)(C)C)cc2)S(=O)(=O)c2ccc(C)cc2)c1. The fraction of sp³-hybridized carbons (Fsp3) is 0.321. The van der Waals surface area contributed by atoms with Gasteiger partial charge in [-0.15, -0.1) is 0 Å². The quantitative estimate of drug-likeness (QED) is 0.457. The average Bonchev–Trinajstić information content (AvgIpc) is 2.82. The Hall–Kier alpha value is -3.32. The van der Waals surface area contributed by atoms with Crippen molar-refractivity contribution in [3.63, 3.8) is 0 Å². The molecule has 1 atom stereocenters. The van der Waals surface area contributed by atoms with Crippen LogP contribution in [0, 0.1) is 6.92 Å². The molecule has 0 spiro atoms. The van der Waals surface area contributed by atoms with E-state index in [4.69, 9.17) is 4.74 Å². The van der Waals surface area contributed by atoms with Crippen LogP contribution in [0.3, 0.4) is 0 Å². The Labute approximate surface area is 209 Å². The Morgan fingerprint density at radius 1 is 1.00 bits per heavy atom. The number of rotatable bonds is 8. The molecule has 1 N–H and O–H groups in total. The summed E-state index contributed by atoms with van der Waals surface area (Å²) in [5.41, 5.74) is 3.48. The number of aryl methyl sites for hydroxylation is 1. The third-order valence-corrected chi connectivity index (χ3v) is 7.68. The van der Waals surface area contributed by atoms with Crippen LogP contribution in [0.5, 0.6) is 5.75 Å². The monoisotopic (exact) mass is 494 g/mol. The van der Waals surface area contributed by atoms with Crippen molar-refractivity contribution in [2.24, 2.45) is 0 Å². The van der Waals surface area contributed by atoms with Crippen LogP contribution in [-0.2, 0) is 20.2 Å². The highest BCUT2D eigenvalue weighted by Crippen LogP contribution is 2.28. The van der Waals surface area contributed by atoms with E-state index in [1.54, 1.807) is 48.5 Å². The van der Waals surface area contributed by atoms with Crippen LogP contribution in [0.4, 0.5) is 5.69 Å². The van der Waals surface area contributed by atoms with E-state index in [-0.39, 0.29) is 22.9 Å². The van der Waals surface area contributed by atoms with Crippen LogP contribution in [0.2, 0.25) is 0 Å². The zero-order valence-corrected chi connectivity index (χ0v) is 22.0. The molecule has 186 valence electrons. The summed E-state index contributed by atoms with van der Waals surface area (Å²) in [5, 5.41) is 2.94. The first-order chi connectivity index (χ1) is 16.4. The molecular weight excluding hydrogens is 460 g/mol. The zero-order valence-electron chi connectivity index (χ0n) is 21.2. The maximum Gasteiger partial charge on any atom is 0.264 e. The largest absolute Gasteiger partial charge is 0.497 e. The lowest BCUT2D eigenvalue weighted by atomic mass is 9.86. The molecule has 7 heteroatoms. The Morgan fingerprint density at radius 3 is 2.20 bits per heavy atom. The molecule has 0 fully saturated rings. The van der Waals surface area contributed by atoms with E-state index in [9.17, 15) is 13.2 Å². The molecule has 0 aliphatic rings. The maximum atomic E-state index is 13.6. The van der Waals surface area contributed by atoms with Gasteiger partial charge in [-0.2, -0.15) is 0 Å². The van der Waals surface area contributed by atoms with E-state index in [1.165, 1.54) is 12.7 Å². The second-order valence-electron chi connectivity index (χ2n) is 9.69.